The molecule has 2 aliphatic carbocycles. The summed E-state index contributed by atoms with van der Waals surface area (Å²) in [5.41, 5.74) is -0.951. The monoisotopic (exact) mass is 250 g/mol. The molecule has 1 aliphatic heterocycles. The first-order valence-electron chi connectivity index (χ1n) is 7.03. The Balaban J connectivity index is 1.87. The standard InChI is InChI=1S/C14H22N2O2/c1-13(2)10-3-4-14(9-10,11(13)17)12(18)16-7-5-15-6-8-16/h10,15H,3-9H2,1-2H3. The number of hydrogen-bond donors (Lipinski definition) is 1. The smallest absolute Gasteiger partial charge is 0.236 e. The van der Waals surface area contributed by atoms with Gasteiger partial charge in [0.1, 0.15) is 5.41 Å². The van der Waals surface area contributed by atoms with Gasteiger partial charge >= 0.3 is 0 Å². The molecule has 3 rings (SSSR count). The van der Waals surface area contributed by atoms with Gasteiger partial charge in [0.15, 0.2) is 5.78 Å². The van der Waals surface area contributed by atoms with E-state index in [4.69, 9.17) is 0 Å². The number of piperazine rings is 1. The summed E-state index contributed by atoms with van der Waals surface area (Å²) in [5, 5.41) is 3.25. The van der Waals surface area contributed by atoms with Crippen LogP contribution >= 0.6 is 0 Å². The van der Waals surface area contributed by atoms with Gasteiger partial charge in [0.25, 0.3) is 0 Å². The van der Waals surface area contributed by atoms with E-state index in [-0.39, 0.29) is 17.1 Å². The molecule has 1 N–H and O–H groups in total. The van der Waals surface area contributed by atoms with E-state index in [0.717, 1.165) is 45.4 Å². The third-order valence-electron chi connectivity index (χ3n) is 5.37. The van der Waals surface area contributed by atoms with Gasteiger partial charge in [0, 0.05) is 31.6 Å². The predicted molar refractivity (Wildman–Crippen MR) is 68.0 cm³/mol. The van der Waals surface area contributed by atoms with Crippen LogP contribution in [0.1, 0.15) is 33.1 Å². The zero-order valence-electron chi connectivity index (χ0n) is 11.3. The highest BCUT2D eigenvalue weighted by molar-refractivity contribution is 6.10. The van der Waals surface area contributed by atoms with E-state index in [1.807, 2.05) is 18.7 Å². The third kappa shape index (κ3) is 1.41. The van der Waals surface area contributed by atoms with Gasteiger partial charge in [0.2, 0.25) is 5.91 Å². The highest BCUT2D eigenvalue weighted by Crippen LogP contribution is 2.60. The maximum absolute atomic E-state index is 12.8. The minimum Gasteiger partial charge on any atom is -0.339 e. The molecular weight excluding hydrogens is 228 g/mol. The van der Waals surface area contributed by atoms with Gasteiger partial charge in [-0.1, -0.05) is 13.8 Å². The molecule has 3 fully saturated rings. The Kier molecular flexibility index (Phi) is 2.56. The molecule has 1 saturated heterocycles. The number of carbonyl (C=O) groups excluding carboxylic acids is 2. The van der Waals surface area contributed by atoms with Gasteiger partial charge in [0.05, 0.1) is 0 Å². The predicted octanol–water partition coefficient (Wildman–Crippen LogP) is 0.814. The molecule has 3 aliphatic rings. The van der Waals surface area contributed by atoms with E-state index in [2.05, 4.69) is 5.32 Å². The first kappa shape index (κ1) is 12.2. The van der Waals surface area contributed by atoms with Crippen LogP contribution in [0.2, 0.25) is 0 Å². The largest absolute Gasteiger partial charge is 0.339 e. The summed E-state index contributed by atoms with van der Waals surface area (Å²) in [4.78, 5) is 27.3. The molecule has 4 nitrogen and oxygen atoms in total. The fourth-order valence-corrected chi connectivity index (χ4v) is 4.13. The fourth-order valence-electron chi connectivity index (χ4n) is 4.13. The first-order chi connectivity index (χ1) is 8.48. The number of nitrogens with zero attached hydrogens (tertiary/aromatic N) is 1. The second-order valence-electron chi connectivity index (χ2n) is 6.61. The SMILES string of the molecule is CC1(C)C(=O)C2(C(=O)N3CCNCC3)CCC1C2. The molecule has 0 radical (unpaired) electrons. The van der Waals surface area contributed by atoms with Crippen LogP contribution in [0.5, 0.6) is 0 Å². The molecule has 2 saturated carbocycles. The van der Waals surface area contributed by atoms with Crippen LogP contribution in [-0.4, -0.2) is 42.8 Å². The number of carbonyl (C=O) groups is 2. The minimum absolute atomic E-state index is 0.113. The quantitative estimate of drug-likeness (QED) is 0.701. The van der Waals surface area contributed by atoms with Crippen molar-refractivity contribution in [2.24, 2.45) is 16.7 Å². The van der Waals surface area contributed by atoms with Crippen molar-refractivity contribution in [1.29, 1.82) is 0 Å². The summed E-state index contributed by atoms with van der Waals surface area (Å²) >= 11 is 0. The summed E-state index contributed by atoms with van der Waals surface area (Å²) in [6.45, 7) is 7.24. The van der Waals surface area contributed by atoms with Crippen LogP contribution in [0.25, 0.3) is 0 Å². The van der Waals surface area contributed by atoms with Crippen molar-refractivity contribution in [3.05, 3.63) is 0 Å². The molecule has 0 spiro atoms. The lowest BCUT2D eigenvalue weighted by Crippen LogP contribution is -2.54. The number of nitrogens with one attached hydrogen (secondary N) is 1. The molecule has 4 heteroatoms. The molecule has 18 heavy (non-hydrogen) atoms. The van der Waals surface area contributed by atoms with Crippen molar-refractivity contribution in [2.45, 2.75) is 33.1 Å². The highest BCUT2D eigenvalue weighted by atomic mass is 16.2. The number of fused-ring (bicyclic) bond motifs is 2. The van der Waals surface area contributed by atoms with E-state index < -0.39 is 5.41 Å². The summed E-state index contributed by atoms with van der Waals surface area (Å²) in [6, 6.07) is 0. The van der Waals surface area contributed by atoms with E-state index in [9.17, 15) is 9.59 Å². The van der Waals surface area contributed by atoms with Crippen molar-refractivity contribution in [3.63, 3.8) is 0 Å². The third-order valence-corrected chi connectivity index (χ3v) is 5.37. The second kappa shape index (κ2) is 3.80. The molecular formula is C14H22N2O2. The molecule has 0 aromatic carbocycles. The van der Waals surface area contributed by atoms with Crippen molar-refractivity contribution < 1.29 is 9.59 Å². The van der Waals surface area contributed by atoms with E-state index >= 15 is 0 Å². The van der Waals surface area contributed by atoms with Crippen molar-refractivity contribution in [1.82, 2.24) is 10.2 Å². The summed E-state index contributed by atoms with van der Waals surface area (Å²) in [6.07, 6.45) is 2.61. The molecule has 2 bridgehead atoms. The fraction of sp³-hybridized carbons (Fsp3) is 0.857. The maximum atomic E-state index is 12.8. The molecule has 0 aromatic rings. The summed E-state index contributed by atoms with van der Waals surface area (Å²) in [7, 11) is 0. The van der Waals surface area contributed by atoms with Crippen LogP contribution in [0.3, 0.4) is 0 Å². The lowest BCUT2D eigenvalue weighted by Gasteiger charge is -2.37. The Morgan fingerprint density at radius 3 is 2.56 bits per heavy atom. The Morgan fingerprint density at radius 2 is 2.00 bits per heavy atom. The topological polar surface area (TPSA) is 49.4 Å². The van der Waals surface area contributed by atoms with Gasteiger partial charge in [-0.15, -0.1) is 0 Å². The Bertz CT molecular complexity index is 399. The molecule has 1 amide bonds. The lowest BCUT2D eigenvalue weighted by molar-refractivity contribution is -0.151. The summed E-state index contributed by atoms with van der Waals surface area (Å²) in [5.74, 6) is 0.730. The Hall–Kier alpha value is -0.900. The number of amides is 1. The molecule has 0 aromatic heterocycles. The average Bonchev–Trinajstić information content (AvgIpc) is 2.90. The van der Waals surface area contributed by atoms with Gasteiger partial charge in [-0.2, -0.15) is 0 Å². The van der Waals surface area contributed by atoms with Crippen molar-refractivity contribution >= 4 is 11.7 Å². The number of rotatable bonds is 1. The van der Waals surface area contributed by atoms with Crippen LogP contribution in [0.4, 0.5) is 0 Å². The van der Waals surface area contributed by atoms with Gasteiger partial charge < -0.3 is 10.2 Å². The normalized spacial score (nSPS) is 38.2. The molecule has 100 valence electrons. The van der Waals surface area contributed by atoms with Gasteiger partial charge in [-0.25, -0.2) is 0 Å². The molecule has 2 unspecified atom stereocenters. The second-order valence-corrected chi connectivity index (χ2v) is 6.61. The number of ketones is 1. The zero-order valence-corrected chi connectivity index (χ0v) is 11.3. The first-order valence-corrected chi connectivity index (χ1v) is 7.03. The van der Waals surface area contributed by atoms with Crippen molar-refractivity contribution in [2.75, 3.05) is 26.2 Å². The molecule has 1 heterocycles. The van der Waals surface area contributed by atoms with Crippen LogP contribution in [-0.2, 0) is 9.59 Å². The number of hydrogen-bond acceptors (Lipinski definition) is 3. The van der Waals surface area contributed by atoms with Crippen LogP contribution in [0, 0.1) is 16.7 Å². The van der Waals surface area contributed by atoms with Crippen molar-refractivity contribution in [3.8, 4) is 0 Å². The number of Topliss-reactive ketones (excluding diaryl/α,β-unsaturated/α-hetero) is 1. The van der Waals surface area contributed by atoms with Gasteiger partial charge in [-0.3, -0.25) is 9.59 Å². The van der Waals surface area contributed by atoms with Crippen LogP contribution < -0.4 is 5.32 Å². The Labute approximate surface area is 108 Å². The van der Waals surface area contributed by atoms with E-state index in [0.29, 0.717) is 5.92 Å². The summed E-state index contributed by atoms with van der Waals surface area (Å²) < 4.78 is 0. The highest BCUT2D eigenvalue weighted by Gasteiger charge is 2.65. The van der Waals surface area contributed by atoms with Gasteiger partial charge in [-0.05, 0) is 25.2 Å². The minimum atomic E-state index is -0.661. The molecule has 2 atom stereocenters. The average molecular weight is 250 g/mol. The maximum Gasteiger partial charge on any atom is 0.236 e. The van der Waals surface area contributed by atoms with E-state index in [1.54, 1.807) is 0 Å². The van der Waals surface area contributed by atoms with E-state index in [1.165, 1.54) is 0 Å². The lowest BCUT2D eigenvalue weighted by atomic mass is 9.70. The van der Waals surface area contributed by atoms with Crippen LogP contribution in [0.15, 0.2) is 0 Å². The Morgan fingerprint density at radius 1 is 1.33 bits per heavy atom. The zero-order chi connectivity index (χ0) is 13.0.